The van der Waals surface area contributed by atoms with Crippen LogP contribution in [0.15, 0.2) is 47.5 Å². The van der Waals surface area contributed by atoms with Crippen molar-refractivity contribution in [3.63, 3.8) is 0 Å². The number of rotatable bonds is 3. The highest BCUT2D eigenvalue weighted by Gasteiger charge is 2.48. The molecule has 1 amide bonds. The van der Waals surface area contributed by atoms with E-state index in [0.717, 1.165) is 6.92 Å². The van der Waals surface area contributed by atoms with Gasteiger partial charge in [0, 0.05) is 25.1 Å². The normalized spacial score (nSPS) is 22.2. The molecular weight excluding hydrogens is 378 g/mol. The minimum absolute atomic E-state index is 0.0489. The van der Waals surface area contributed by atoms with Gasteiger partial charge in [0.15, 0.2) is 5.96 Å². The molecule has 8 heteroatoms. The third-order valence-corrected chi connectivity index (χ3v) is 5.25. The number of hydrogen-bond acceptors (Lipinski definition) is 5. The molecule has 3 rings (SSSR count). The molecule has 150 valence electrons. The van der Waals surface area contributed by atoms with Gasteiger partial charge in [-0.15, -0.1) is 0 Å². The van der Waals surface area contributed by atoms with E-state index in [-0.39, 0.29) is 28.4 Å². The summed E-state index contributed by atoms with van der Waals surface area (Å²) in [6.07, 6.45) is 0. The van der Waals surface area contributed by atoms with Crippen LogP contribution in [0.1, 0.15) is 42.0 Å². The summed E-state index contributed by atoms with van der Waals surface area (Å²) in [6, 6.07) is 11.7. The zero-order valence-electron chi connectivity index (χ0n) is 16.1. The van der Waals surface area contributed by atoms with Crippen LogP contribution in [0.4, 0.5) is 8.78 Å². The van der Waals surface area contributed by atoms with Crippen LogP contribution in [0, 0.1) is 11.3 Å². The molecular formula is C21H20F2N4O2. The number of nitrogens with zero attached hydrogens (tertiary/aromatic N) is 3. The molecule has 0 saturated heterocycles. The number of carbonyl (C=O) groups is 1. The number of benzene rings is 2. The second-order valence-electron chi connectivity index (χ2n) is 7.30. The van der Waals surface area contributed by atoms with Crippen LogP contribution in [0.2, 0.25) is 0 Å². The van der Waals surface area contributed by atoms with Crippen LogP contribution in [0.5, 0.6) is 5.75 Å². The molecule has 0 spiro atoms. The minimum Gasteiger partial charge on any atom is -0.508 e. The van der Waals surface area contributed by atoms with Gasteiger partial charge >= 0.3 is 0 Å². The van der Waals surface area contributed by atoms with Crippen LogP contribution in [0.3, 0.4) is 0 Å². The maximum atomic E-state index is 13.6. The van der Waals surface area contributed by atoms with Crippen molar-refractivity contribution in [2.24, 2.45) is 10.7 Å². The molecule has 0 radical (unpaired) electrons. The Balaban J connectivity index is 2.23. The average Bonchev–Trinajstić information content (AvgIpc) is 2.66. The number of nitrogens with two attached hydrogens (primary N) is 1. The summed E-state index contributed by atoms with van der Waals surface area (Å²) in [6.45, 7) is 2.41. The first kappa shape index (κ1) is 20.3. The fraction of sp³-hybridized carbons (Fsp3) is 0.286. The van der Waals surface area contributed by atoms with Gasteiger partial charge in [-0.1, -0.05) is 24.3 Å². The summed E-state index contributed by atoms with van der Waals surface area (Å²) >= 11 is 0. The molecule has 0 aliphatic carbocycles. The lowest BCUT2D eigenvalue weighted by molar-refractivity contribution is -0.130. The van der Waals surface area contributed by atoms with Gasteiger partial charge in [0.2, 0.25) is 5.91 Å². The van der Waals surface area contributed by atoms with Crippen molar-refractivity contribution in [1.82, 2.24) is 4.90 Å². The second kappa shape index (κ2) is 6.85. The first-order valence-corrected chi connectivity index (χ1v) is 8.84. The largest absolute Gasteiger partial charge is 0.508 e. The molecule has 2 atom stereocenters. The zero-order chi connectivity index (χ0) is 21.6. The number of aromatic hydroxyl groups is 1. The fourth-order valence-electron chi connectivity index (χ4n) is 3.59. The van der Waals surface area contributed by atoms with Crippen molar-refractivity contribution in [2.45, 2.75) is 31.2 Å². The predicted molar refractivity (Wildman–Crippen MR) is 103 cm³/mol. The molecule has 2 aromatic rings. The number of likely N-dealkylation sites (N-methyl/N-ethyl adjacent to an activating group) is 1. The summed E-state index contributed by atoms with van der Waals surface area (Å²) in [5, 5.41) is 19.7. The number of halogens is 2. The lowest BCUT2D eigenvalue weighted by Crippen LogP contribution is -2.52. The van der Waals surface area contributed by atoms with Gasteiger partial charge in [-0.3, -0.25) is 9.69 Å². The number of alkyl halides is 2. The lowest BCUT2D eigenvalue weighted by Gasteiger charge is -2.41. The van der Waals surface area contributed by atoms with E-state index in [1.54, 1.807) is 6.92 Å². The Labute approximate surface area is 166 Å². The average molecular weight is 398 g/mol. The highest BCUT2D eigenvalue weighted by atomic mass is 19.3. The molecule has 0 saturated carbocycles. The lowest BCUT2D eigenvalue weighted by atomic mass is 9.73. The van der Waals surface area contributed by atoms with Crippen molar-refractivity contribution in [3.05, 3.63) is 64.7 Å². The number of guanidine groups is 1. The number of phenolic OH excluding ortho intramolecular Hbond substituents is 1. The highest BCUT2D eigenvalue weighted by molar-refractivity contribution is 6.02. The van der Waals surface area contributed by atoms with E-state index in [4.69, 9.17) is 5.73 Å². The smallest absolute Gasteiger partial charge is 0.270 e. The maximum absolute atomic E-state index is 13.6. The second-order valence-corrected chi connectivity index (χ2v) is 7.30. The van der Waals surface area contributed by atoms with Gasteiger partial charge in [0.25, 0.3) is 5.92 Å². The molecule has 0 bridgehead atoms. The van der Waals surface area contributed by atoms with Gasteiger partial charge < -0.3 is 10.8 Å². The quantitative estimate of drug-likeness (QED) is 0.829. The Morgan fingerprint density at radius 1 is 1.28 bits per heavy atom. The van der Waals surface area contributed by atoms with Crippen LogP contribution >= 0.6 is 0 Å². The standard InChI is InChI=1S/C21H20F2N4O2/c1-20(15-10-12(11-24)4-9-16(15)28)17(18(29)27(3)19(25)26-20)13-5-7-14(8-6-13)21(2,22)23/h4-10,17,28H,1-3H3,(H2,25,26)/t17-,20-/m1/s1. The number of amides is 1. The van der Waals surface area contributed by atoms with E-state index in [1.807, 2.05) is 6.07 Å². The molecule has 0 unspecified atom stereocenters. The van der Waals surface area contributed by atoms with E-state index in [1.165, 1.54) is 54.4 Å². The Morgan fingerprint density at radius 3 is 2.45 bits per heavy atom. The zero-order valence-corrected chi connectivity index (χ0v) is 16.1. The molecule has 1 aliphatic rings. The monoisotopic (exact) mass is 398 g/mol. The molecule has 0 aromatic heterocycles. The van der Waals surface area contributed by atoms with Crippen molar-refractivity contribution < 1.29 is 18.7 Å². The van der Waals surface area contributed by atoms with E-state index in [2.05, 4.69) is 4.99 Å². The van der Waals surface area contributed by atoms with Gasteiger partial charge in [-0.2, -0.15) is 5.26 Å². The van der Waals surface area contributed by atoms with Crippen LogP contribution in [-0.4, -0.2) is 28.9 Å². The molecule has 6 nitrogen and oxygen atoms in total. The number of hydrogen-bond donors (Lipinski definition) is 2. The molecule has 29 heavy (non-hydrogen) atoms. The number of carbonyl (C=O) groups excluding carboxylic acids is 1. The summed E-state index contributed by atoms with van der Waals surface area (Å²) in [5.74, 6) is -4.57. The Hall–Kier alpha value is -3.47. The first-order valence-electron chi connectivity index (χ1n) is 8.84. The number of aliphatic imine (C=N–C) groups is 1. The Morgan fingerprint density at radius 2 is 1.90 bits per heavy atom. The Kier molecular flexibility index (Phi) is 4.79. The molecule has 0 fully saturated rings. The van der Waals surface area contributed by atoms with Gasteiger partial charge in [0.1, 0.15) is 11.3 Å². The minimum atomic E-state index is -3.02. The van der Waals surface area contributed by atoms with Crippen LogP contribution < -0.4 is 5.73 Å². The summed E-state index contributed by atoms with van der Waals surface area (Å²) in [5.41, 5.74) is 5.37. The van der Waals surface area contributed by atoms with Gasteiger partial charge in [-0.25, -0.2) is 13.8 Å². The van der Waals surface area contributed by atoms with Crippen molar-refractivity contribution in [1.29, 1.82) is 5.26 Å². The molecule has 3 N–H and O–H groups in total. The maximum Gasteiger partial charge on any atom is 0.270 e. The van der Waals surface area contributed by atoms with Gasteiger partial charge in [-0.05, 0) is 30.7 Å². The van der Waals surface area contributed by atoms with E-state index in [0.29, 0.717) is 5.56 Å². The van der Waals surface area contributed by atoms with Crippen molar-refractivity contribution in [3.8, 4) is 11.8 Å². The number of phenols is 1. The molecule has 2 aromatic carbocycles. The van der Waals surface area contributed by atoms with E-state index in [9.17, 15) is 23.9 Å². The van der Waals surface area contributed by atoms with Gasteiger partial charge in [0.05, 0.1) is 17.6 Å². The summed E-state index contributed by atoms with van der Waals surface area (Å²) < 4.78 is 27.2. The highest BCUT2D eigenvalue weighted by Crippen LogP contribution is 2.47. The predicted octanol–water partition coefficient (Wildman–Crippen LogP) is 3.16. The third kappa shape index (κ3) is 3.40. The first-order chi connectivity index (χ1) is 13.5. The fourth-order valence-corrected chi connectivity index (χ4v) is 3.59. The third-order valence-electron chi connectivity index (χ3n) is 5.25. The number of nitriles is 1. The Bertz CT molecular complexity index is 1040. The topological polar surface area (TPSA) is 103 Å². The SMILES string of the molecule is CN1C(=O)[C@@H](c2ccc(C(C)(F)F)cc2)[C@@](C)(c2cc(C#N)ccc2O)N=C1N. The molecule has 1 aliphatic heterocycles. The van der Waals surface area contributed by atoms with Crippen molar-refractivity contribution in [2.75, 3.05) is 7.05 Å². The summed E-state index contributed by atoms with van der Waals surface area (Å²) in [4.78, 5) is 18.8. The summed E-state index contributed by atoms with van der Waals surface area (Å²) in [7, 11) is 1.47. The van der Waals surface area contributed by atoms with E-state index < -0.39 is 23.3 Å². The van der Waals surface area contributed by atoms with Crippen LogP contribution in [0.25, 0.3) is 0 Å². The van der Waals surface area contributed by atoms with Crippen molar-refractivity contribution >= 4 is 11.9 Å². The molecule has 1 heterocycles. The van der Waals surface area contributed by atoms with E-state index >= 15 is 0 Å². The van der Waals surface area contributed by atoms with Crippen LogP contribution in [-0.2, 0) is 16.3 Å².